The van der Waals surface area contributed by atoms with Crippen molar-refractivity contribution in [3.05, 3.63) is 29.8 Å². The van der Waals surface area contributed by atoms with E-state index in [-0.39, 0.29) is 5.82 Å². The van der Waals surface area contributed by atoms with Gasteiger partial charge in [-0.2, -0.15) is 0 Å². The van der Waals surface area contributed by atoms with Crippen LogP contribution in [-0.2, 0) is 5.54 Å². The van der Waals surface area contributed by atoms with E-state index >= 15 is 0 Å². The summed E-state index contributed by atoms with van der Waals surface area (Å²) < 4.78 is 13.7. The van der Waals surface area contributed by atoms with E-state index in [4.69, 9.17) is 5.73 Å². The Balaban J connectivity index is 2.15. The Morgan fingerprint density at radius 2 is 2.06 bits per heavy atom. The lowest BCUT2D eigenvalue weighted by Gasteiger charge is -2.39. The van der Waals surface area contributed by atoms with E-state index in [0.29, 0.717) is 11.5 Å². The van der Waals surface area contributed by atoms with Crippen molar-refractivity contribution in [2.45, 2.75) is 45.1 Å². The van der Waals surface area contributed by atoms with Gasteiger partial charge in [-0.25, -0.2) is 4.39 Å². The Morgan fingerprint density at radius 1 is 1.41 bits per heavy atom. The Kier molecular flexibility index (Phi) is 3.48. The molecule has 94 valence electrons. The summed E-state index contributed by atoms with van der Waals surface area (Å²) in [6.45, 7) is 4.50. The van der Waals surface area contributed by atoms with Crippen molar-refractivity contribution in [3.8, 4) is 0 Å². The molecule has 0 radical (unpaired) electrons. The lowest BCUT2D eigenvalue weighted by molar-refractivity contribution is 0.192. The number of hydrogen-bond donors (Lipinski definition) is 1. The summed E-state index contributed by atoms with van der Waals surface area (Å²) in [4.78, 5) is 3.78. The average molecular weight is 236 g/mol. The summed E-state index contributed by atoms with van der Waals surface area (Å²) in [7, 11) is 0. The van der Waals surface area contributed by atoms with E-state index in [1.54, 1.807) is 12.3 Å². The van der Waals surface area contributed by atoms with Crippen molar-refractivity contribution in [1.29, 1.82) is 0 Å². The van der Waals surface area contributed by atoms with Gasteiger partial charge in [-0.15, -0.1) is 0 Å². The van der Waals surface area contributed by atoms with Crippen LogP contribution in [-0.4, -0.2) is 4.98 Å². The average Bonchev–Trinajstić information content (AvgIpc) is 2.30. The van der Waals surface area contributed by atoms with Gasteiger partial charge in [-0.3, -0.25) is 4.98 Å². The first-order valence-corrected chi connectivity index (χ1v) is 6.42. The summed E-state index contributed by atoms with van der Waals surface area (Å²) in [6.07, 6.45) is 6.82. The zero-order valence-electron chi connectivity index (χ0n) is 10.6. The van der Waals surface area contributed by atoms with Crippen LogP contribution in [0.15, 0.2) is 18.5 Å². The maximum atomic E-state index is 13.7. The largest absolute Gasteiger partial charge is 0.321 e. The molecule has 1 aliphatic rings. The number of nitrogens with two attached hydrogens (primary N) is 1. The molecule has 1 saturated carbocycles. The molecule has 1 heterocycles. The van der Waals surface area contributed by atoms with Gasteiger partial charge in [0, 0.05) is 17.3 Å². The van der Waals surface area contributed by atoms with Crippen molar-refractivity contribution in [2.24, 2.45) is 17.6 Å². The normalized spacial score (nSPS) is 29.6. The molecular weight excluding hydrogens is 215 g/mol. The second-order valence-electron chi connectivity index (χ2n) is 5.59. The highest BCUT2D eigenvalue weighted by Crippen LogP contribution is 2.40. The summed E-state index contributed by atoms with van der Waals surface area (Å²) in [5, 5.41) is 0. The third kappa shape index (κ3) is 2.49. The van der Waals surface area contributed by atoms with E-state index in [1.807, 2.05) is 0 Å². The molecule has 17 heavy (non-hydrogen) atoms. The Labute approximate surface area is 102 Å². The fourth-order valence-corrected chi connectivity index (χ4v) is 2.87. The van der Waals surface area contributed by atoms with Crippen LogP contribution in [0.1, 0.15) is 45.1 Å². The molecule has 0 aromatic carbocycles. The van der Waals surface area contributed by atoms with Crippen molar-refractivity contribution < 1.29 is 4.39 Å². The molecule has 0 amide bonds. The first kappa shape index (κ1) is 12.5. The highest BCUT2D eigenvalue weighted by Gasteiger charge is 2.35. The zero-order valence-corrected chi connectivity index (χ0v) is 10.6. The molecule has 3 heteroatoms. The Bertz CT molecular complexity index is 382. The molecule has 0 spiro atoms. The van der Waals surface area contributed by atoms with Gasteiger partial charge >= 0.3 is 0 Å². The van der Waals surface area contributed by atoms with Gasteiger partial charge in [0.1, 0.15) is 5.82 Å². The van der Waals surface area contributed by atoms with E-state index in [0.717, 1.165) is 31.6 Å². The SMILES string of the molecule is CC(C)C1CCC(N)(c2ccncc2F)CC1. The number of hydrogen-bond acceptors (Lipinski definition) is 2. The van der Waals surface area contributed by atoms with Crippen LogP contribution in [0, 0.1) is 17.7 Å². The van der Waals surface area contributed by atoms with Crippen LogP contribution in [0.5, 0.6) is 0 Å². The van der Waals surface area contributed by atoms with E-state index < -0.39 is 5.54 Å². The first-order chi connectivity index (χ1) is 8.03. The van der Waals surface area contributed by atoms with Crippen LogP contribution in [0.4, 0.5) is 4.39 Å². The lowest BCUT2D eigenvalue weighted by atomic mass is 9.70. The van der Waals surface area contributed by atoms with Gasteiger partial charge in [0.05, 0.1) is 6.20 Å². The molecule has 0 bridgehead atoms. The summed E-state index contributed by atoms with van der Waals surface area (Å²) >= 11 is 0. The number of halogens is 1. The van der Waals surface area contributed by atoms with Gasteiger partial charge < -0.3 is 5.73 Å². The predicted octanol–water partition coefficient (Wildman–Crippen LogP) is 3.22. The molecular formula is C14H21FN2. The molecule has 0 saturated heterocycles. The maximum Gasteiger partial charge on any atom is 0.146 e. The van der Waals surface area contributed by atoms with Gasteiger partial charge in [-0.1, -0.05) is 13.8 Å². The second-order valence-corrected chi connectivity index (χ2v) is 5.59. The van der Waals surface area contributed by atoms with Crippen molar-refractivity contribution in [2.75, 3.05) is 0 Å². The minimum absolute atomic E-state index is 0.266. The van der Waals surface area contributed by atoms with Gasteiger partial charge in [0.25, 0.3) is 0 Å². The van der Waals surface area contributed by atoms with Crippen LogP contribution in [0.2, 0.25) is 0 Å². The van der Waals surface area contributed by atoms with Crippen molar-refractivity contribution in [1.82, 2.24) is 4.98 Å². The van der Waals surface area contributed by atoms with Crippen LogP contribution < -0.4 is 5.73 Å². The maximum absolute atomic E-state index is 13.7. The van der Waals surface area contributed by atoms with E-state index in [2.05, 4.69) is 18.8 Å². The van der Waals surface area contributed by atoms with Gasteiger partial charge in [0.15, 0.2) is 0 Å². The molecule has 0 unspecified atom stereocenters. The molecule has 1 fully saturated rings. The highest BCUT2D eigenvalue weighted by atomic mass is 19.1. The Hall–Kier alpha value is -0.960. The highest BCUT2D eigenvalue weighted by molar-refractivity contribution is 5.23. The summed E-state index contributed by atoms with van der Waals surface area (Å²) in [5.74, 6) is 1.16. The molecule has 1 aliphatic carbocycles. The molecule has 0 aliphatic heterocycles. The van der Waals surface area contributed by atoms with Gasteiger partial charge in [0.2, 0.25) is 0 Å². The van der Waals surface area contributed by atoms with Crippen LogP contribution in [0.3, 0.4) is 0 Å². The standard InChI is InChI=1S/C14H21FN2/c1-10(2)11-3-6-14(16,7-4-11)12-5-8-17-9-13(12)15/h5,8-11H,3-4,6-7,16H2,1-2H3. The molecule has 2 N–H and O–H groups in total. The zero-order chi connectivity index (χ0) is 12.5. The smallest absolute Gasteiger partial charge is 0.146 e. The number of pyridine rings is 1. The fourth-order valence-electron chi connectivity index (χ4n) is 2.87. The molecule has 2 rings (SSSR count). The number of rotatable bonds is 2. The first-order valence-electron chi connectivity index (χ1n) is 6.42. The number of nitrogens with zero attached hydrogens (tertiary/aromatic N) is 1. The fraction of sp³-hybridized carbons (Fsp3) is 0.643. The molecule has 2 nitrogen and oxygen atoms in total. The lowest BCUT2D eigenvalue weighted by Crippen LogP contribution is -2.41. The molecule has 0 atom stereocenters. The minimum Gasteiger partial charge on any atom is -0.321 e. The van der Waals surface area contributed by atoms with E-state index in [9.17, 15) is 4.39 Å². The third-order valence-corrected chi connectivity index (χ3v) is 4.17. The third-order valence-electron chi connectivity index (χ3n) is 4.17. The van der Waals surface area contributed by atoms with Crippen LogP contribution >= 0.6 is 0 Å². The van der Waals surface area contributed by atoms with E-state index in [1.165, 1.54) is 6.20 Å². The van der Waals surface area contributed by atoms with Gasteiger partial charge in [-0.05, 0) is 43.6 Å². The monoisotopic (exact) mass is 236 g/mol. The minimum atomic E-state index is -0.488. The predicted molar refractivity (Wildman–Crippen MR) is 66.9 cm³/mol. The van der Waals surface area contributed by atoms with Crippen LogP contribution in [0.25, 0.3) is 0 Å². The summed E-state index contributed by atoms with van der Waals surface area (Å²) in [6, 6.07) is 1.73. The Morgan fingerprint density at radius 3 is 2.59 bits per heavy atom. The quantitative estimate of drug-likeness (QED) is 0.856. The van der Waals surface area contributed by atoms with Crippen molar-refractivity contribution in [3.63, 3.8) is 0 Å². The van der Waals surface area contributed by atoms with Crippen molar-refractivity contribution >= 4 is 0 Å². The molecule has 1 aromatic rings. The topological polar surface area (TPSA) is 38.9 Å². The summed E-state index contributed by atoms with van der Waals surface area (Å²) in [5.41, 5.74) is 6.52. The second kappa shape index (κ2) is 4.73. The number of aromatic nitrogens is 1. The molecule has 1 aromatic heterocycles.